The van der Waals surface area contributed by atoms with E-state index in [4.69, 9.17) is 36.0 Å². The van der Waals surface area contributed by atoms with Crippen LogP contribution in [0, 0.1) is 6.92 Å². The van der Waals surface area contributed by atoms with Gasteiger partial charge in [-0.15, -0.1) is 0 Å². The first-order valence-electron chi connectivity index (χ1n) is 7.61. The molecule has 0 saturated heterocycles. The van der Waals surface area contributed by atoms with E-state index in [1.54, 1.807) is 18.2 Å². The molecule has 134 valence electrons. The summed E-state index contributed by atoms with van der Waals surface area (Å²) in [5.74, 6) is -0.387. The van der Waals surface area contributed by atoms with Crippen LogP contribution in [0.2, 0.25) is 5.02 Å². The number of hydrazine groups is 1. The molecular weight excluding hydrogens is 388 g/mol. The van der Waals surface area contributed by atoms with Crippen LogP contribution in [0.5, 0.6) is 0 Å². The Bertz CT molecular complexity index is 837. The van der Waals surface area contributed by atoms with E-state index in [9.17, 15) is 4.79 Å². The molecule has 0 aromatic heterocycles. The summed E-state index contributed by atoms with van der Waals surface area (Å²) in [5, 5.41) is 6.45. The summed E-state index contributed by atoms with van der Waals surface area (Å²) >= 11 is 16.2. The highest BCUT2D eigenvalue weighted by atomic mass is 35.5. The Morgan fingerprint density at radius 2 is 1.65 bits per heavy atom. The first-order chi connectivity index (χ1) is 12.4. The van der Waals surface area contributed by atoms with E-state index in [0.29, 0.717) is 10.1 Å². The van der Waals surface area contributed by atoms with Crippen molar-refractivity contribution in [2.24, 2.45) is 0 Å². The summed E-state index contributed by atoms with van der Waals surface area (Å²) in [4.78, 5) is 11.9. The fraction of sp³-hybridized carbons (Fsp3) is 0.0556. The van der Waals surface area contributed by atoms with Crippen LogP contribution in [-0.4, -0.2) is 16.1 Å². The second kappa shape index (κ2) is 9.86. The molecule has 0 fully saturated rings. The summed E-state index contributed by atoms with van der Waals surface area (Å²) in [5.41, 5.74) is 8.08. The number of carbonyl (C=O) groups is 1. The Hall–Kier alpha value is -2.48. The van der Waals surface area contributed by atoms with Crippen molar-refractivity contribution >= 4 is 63.9 Å². The normalized spacial score (nSPS) is 10.2. The fourth-order valence-corrected chi connectivity index (χ4v) is 2.39. The van der Waals surface area contributed by atoms with Crippen LogP contribution >= 0.6 is 36.0 Å². The van der Waals surface area contributed by atoms with Crippen molar-refractivity contribution in [3.63, 3.8) is 0 Å². The molecule has 0 atom stereocenters. The van der Waals surface area contributed by atoms with Gasteiger partial charge in [0.05, 0.1) is 0 Å². The summed E-state index contributed by atoms with van der Waals surface area (Å²) in [7, 11) is 0. The maximum absolute atomic E-state index is 11.9. The molecule has 2 aromatic carbocycles. The van der Waals surface area contributed by atoms with Crippen molar-refractivity contribution in [3.8, 4) is 0 Å². The van der Waals surface area contributed by atoms with Gasteiger partial charge >= 0.3 is 0 Å². The van der Waals surface area contributed by atoms with Gasteiger partial charge in [0.15, 0.2) is 10.2 Å². The van der Waals surface area contributed by atoms with Gasteiger partial charge in [0.1, 0.15) is 0 Å². The molecule has 0 spiro atoms. The smallest absolute Gasteiger partial charge is 0.250 e. The third-order valence-corrected chi connectivity index (χ3v) is 3.91. The number of hydrogen-bond donors (Lipinski definition) is 4. The Kier molecular flexibility index (Phi) is 7.53. The third kappa shape index (κ3) is 6.79. The molecule has 0 saturated carbocycles. The second-order valence-electron chi connectivity index (χ2n) is 5.24. The third-order valence-electron chi connectivity index (χ3n) is 3.16. The summed E-state index contributed by atoms with van der Waals surface area (Å²) in [6.07, 6.45) is 2.95. The molecule has 0 aliphatic carbocycles. The van der Waals surface area contributed by atoms with Crippen molar-refractivity contribution in [2.75, 3.05) is 5.32 Å². The minimum atomic E-state index is -0.387. The maximum Gasteiger partial charge on any atom is 0.250 e. The molecule has 0 unspecified atom stereocenters. The average Bonchev–Trinajstić information content (AvgIpc) is 2.61. The molecule has 8 heteroatoms. The average molecular weight is 405 g/mol. The SMILES string of the molecule is Cc1ccc(NC(=S)NNC(=S)NC(=O)/C=C/c2ccccc2Cl)cc1. The van der Waals surface area contributed by atoms with E-state index >= 15 is 0 Å². The van der Waals surface area contributed by atoms with Crippen LogP contribution < -0.4 is 21.5 Å². The van der Waals surface area contributed by atoms with Gasteiger partial charge in [-0.1, -0.05) is 47.5 Å². The van der Waals surface area contributed by atoms with Crippen LogP contribution in [-0.2, 0) is 4.79 Å². The van der Waals surface area contributed by atoms with Crippen LogP contribution in [0.15, 0.2) is 54.6 Å². The Morgan fingerprint density at radius 3 is 2.35 bits per heavy atom. The molecule has 5 nitrogen and oxygen atoms in total. The van der Waals surface area contributed by atoms with Gasteiger partial charge in [-0.25, -0.2) is 0 Å². The largest absolute Gasteiger partial charge is 0.331 e. The Balaban J connectivity index is 1.75. The van der Waals surface area contributed by atoms with Gasteiger partial charge in [-0.05, 0) is 61.2 Å². The molecule has 4 N–H and O–H groups in total. The minimum absolute atomic E-state index is 0.0897. The van der Waals surface area contributed by atoms with Crippen LogP contribution in [0.25, 0.3) is 6.08 Å². The molecule has 2 aromatic rings. The lowest BCUT2D eigenvalue weighted by atomic mass is 10.2. The summed E-state index contributed by atoms with van der Waals surface area (Å²) in [6.45, 7) is 2.00. The summed E-state index contributed by atoms with van der Waals surface area (Å²) < 4.78 is 0. The standard InChI is InChI=1S/C18H17ClN4OS2/c1-12-6-9-14(10-7-12)20-17(25)22-23-18(26)21-16(24)11-8-13-4-2-3-5-15(13)19/h2-11H,1H3,(H2,20,22,25)(H2,21,23,24,26)/b11-8+. The zero-order valence-corrected chi connectivity index (χ0v) is 16.3. The van der Waals surface area contributed by atoms with E-state index < -0.39 is 0 Å². The highest BCUT2D eigenvalue weighted by molar-refractivity contribution is 7.80. The van der Waals surface area contributed by atoms with Crippen molar-refractivity contribution in [2.45, 2.75) is 6.92 Å². The van der Waals surface area contributed by atoms with E-state index in [-0.39, 0.29) is 11.0 Å². The van der Waals surface area contributed by atoms with Gasteiger partial charge in [0.2, 0.25) is 5.91 Å². The number of thiocarbonyl (C=S) groups is 2. The number of rotatable bonds is 3. The number of carbonyl (C=O) groups excluding carboxylic acids is 1. The first-order valence-corrected chi connectivity index (χ1v) is 8.81. The van der Waals surface area contributed by atoms with E-state index in [1.807, 2.05) is 43.3 Å². The number of benzene rings is 2. The number of nitrogens with one attached hydrogen (secondary N) is 4. The molecular formula is C18H17ClN4OS2. The quantitative estimate of drug-likeness (QED) is 0.356. The van der Waals surface area contributed by atoms with Crippen molar-refractivity contribution in [1.82, 2.24) is 16.2 Å². The number of aryl methyl sites for hydroxylation is 1. The van der Waals surface area contributed by atoms with Gasteiger partial charge in [0, 0.05) is 16.8 Å². The van der Waals surface area contributed by atoms with Gasteiger partial charge in [-0.2, -0.15) is 0 Å². The lowest BCUT2D eigenvalue weighted by Crippen LogP contribution is -2.49. The molecule has 0 aliphatic rings. The molecule has 26 heavy (non-hydrogen) atoms. The lowest BCUT2D eigenvalue weighted by Gasteiger charge is -2.13. The minimum Gasteiger partial charge on any atom is -0.331 e. The van der Waals surface area contributed by atoms with Crippen LogP contribution in [0.1, 0.15) is 11.1 Å². The number of halogens is 1. The zero-order chi connectivity index (χ0) is 18.9. The highest BCUT2D eigenvalue weighted by Crippen LogP contribution is 2.15. The second-order valence-corrected chi connectivity index (χ2v) is 6.47. The lowest BCUT2D eigenvalue weighted by molar-refractivity contribution is -0.115. The van der Waals surface area contributed by atoms with Crippen molar-refractivity contribution < 1.29 is 4.79 Å². The van der Waals surface area contributed by atoms with Gasteiger partial charge in [-0.3, -0.25) is 21.0 Å². The predicted molar refractivity (Wildman–Crippen MR) is 115 cm³/mol. The van der Waals surface area contributed by atoms with E-state index in [2.05, 4.69) is 21.5 Å². The van der Waals surface area contributed by atoms with E-state index in [1.165, 1.54) is 6.08 Å². The molecule has 2 rings (SSSR count). The first kappa shape index (κ1) is 19.8. The van der Waals surface area contributed by atoms with Crippen molar-refractivity contribution in [1.29, 1.82) is 0 Å². The molecule has 0 heterocycles. The van der Waals surface area contributed by atoms with Crippen LogP contribution in [0.3, 0.4) is 0 Å². The van der Waals surface area contributed by atoms with Crippen LogP contribution in [0.4, 0.5) is 5.69 Å². The predicted octanol–water partition coefficient (Wildman–Crippen LogP) is 3.55. The number of amides is 1. The Morgan fingerprint density at radius 1 is 1.00 bits per heavy atom. The number of anilines is 1. The Labute approximate surface area is 167 Å². The topological polar surface area (TPSA) is 65.2 Å². The number of hydrogen-bond acceptors (Lipinski definition) is 3. The van der Waals surface area contributed by atoms with Crippen molar-refractivity contribution in [3.05, 3.63) is 70.8 Å². The molecule has 0 aliphatic heterocycles. The van der Waals surface area contributed by atoms with Gasteiger partial charge in [0.25, 0.3) is 0 Å². The molecule has 0 bridgehead atoms. The summed E-state index contributed by atoms with van der Waals surface area (Å²) in [6, 6.07) is 14.9. The fourth-order valence-electron chi connectivity index (χ4n) is 1.87. The van der Waals surface area contributed by atoms with Gasteiger partial charge < -0.3 is 5.32 Å². The zero-order valence-electron chi connectivity index (χ0n) is 13.9. The molecule has 1 amide bonds. The van der Waals surface area contributed by atoms with E-state index in [0.717, 1.165) is 16.8 Å². The maximum atomic E-state index is 11.9. The monoisotopic (exact) mass is 404 g/mol. The molecule has 0 radical (unpaired) electrons. The highest BCUT2D eigenvalue weighted by Gasteiger charge is 2.02.